The van der Waals surface area contributed by atoms with Gasteiger partial charge in [-0.3, -0.25) is 19.9 Å². The molecule has 2 heterocycles. The van der Waals surface area contributed by atoms with Crippen molar-refractivity contribution in [1.82, 2.24) is 9.80 Å². The highest BCUT2D eigenvalue weighted by Gasteiger charge is 2.17. The fraction of sp³-hybridized carbons (Fsp3) is 0.300. The van der Waals surface area contributed by atoms with E-state index in [1.165, 1.54) is 22.3 Å². The van der Waals surface area contributed by atoms with E-state index >= 15 is 0 Å². The predicted molar refractivity (Wildman–Crippen MR) is 135 cm³/mol. The summed E-state index contributed by atoms with van der Waals surface area (Å²) in [5.41, 5.74) is 16.2. The maximum absolute atomic E-state index is 8.74. The molecule has 13 heteroatoms. The van der Waals surface area contributed by atoms with Crippen LogP contribution in [0.2, 0.25) is 0 Å². The SMILES string of the molecule is N=C(N)N1CCc2ccc(Br)cc2C1.N=C(N)N1CCc2ccc(Br)cc2C1.O=S(=O)(O)O. The minimum absolute atomic E-state index is 0.163. The third-order valence-electron chi connectivity index (χ3n) is 5.04. The van der Waals surface area contributed by atoms with Crippen LogP contribution in [-0.4, -0.2) is 52.3 Å². The van der Waals surface area contributed by atoms with E-state index in [2.05, 4.69) is 68.3 Å². The maximum Gasteiger partial charge on any atom is 0.394 e. The van der Waals surface area contributed by atoms with Gasteiger partial charge in [0.1, 0.15) is 0 Å². The highest BCUT2D eigenvalue weighted by atomic mass is 79.9. The number of guanidine groups is 2. The molecule has 0 amide bonds. The number of rotatable bonds is 0. The molecular formula is C20H26Br2N6O4S. The van der Waals surface area contributed by atoms with Crippen molar-refractivity contribution in [3.05, 3.63) is 67.6 Å². The summed E-state index contributed by atoms with van der Waals surface area (Å²) >= 11 is 6.89. The molecule has 33 heavy (non-hydrogen) atoms. The van der Waals surface area contributed by atoms with Gasteiger partial charge in [-0.1, -0.05) is 44.0 Å². The topological polar surface area (TPSA) is 181 Å². The lowest BCUT2D eigenvalue weighted by molar-refractivity contribution is 0.381. The standard InChI is InChI=1S/2C10H12BrN3.H2O4S/c2*11-9-2-1-7-3-4-14(10(12)13)6-8(7)5-9;1-5(2,3)4/h2*1-2,5H,3-4,6H2,(H3,12,13);(H2,1,2,3,4). The number of nitrogens with one attached hydrogen (secondary N) is 2. The van der Waals surface area contributed by atoms with Crippen molar-refractivity contribution in [3.8, 4) is 0 Å². The molecule has 10 nitrogen and oxygen atoms in total. The molecule has 0 aromatic heterocycles. The van der Waals surface area contributed by atoms with Crippen molar-refractivity contribution in [2.75, 3.05) is 13.1 Å². The molecule has 8 N–H and O–H groups in total. The van der Waals surface area contributed by atoms with E-state index in [0.29, 0.717) is 0 Å². The third-order valence-corrected chi connectivity index (χ3v) is 6.03. The van der Waals surface area contributed by atoms with Gasteiger partial charge < -0.3 is 21.3 Å². The van der Waals surface area contributed by atoms with Crippen LogP contribution in [0, 0.1) is 10.8 Å². The molecule has 0 saturated heterocycles. The van der Waals surface area contributed by atoms with Gasteiger partial charge in [0.2, 0.25) is 0 Å². The van der Waals surface area contributed by atoms with E-state index in [-0.39, 0.29) is 11.9 Å². The summed E-state index contributed by atoms with van der Waals surface area (Å²) in [6.07, 6.45) is 1.95. The molecular weight excluding hydrogens is 580 g/mol. The molecule has 0 fully saturated rings. The lowest BCUT2D eigenvalue weighted by Crippen LogP contribution is -2.40. The normalized spacial score (nSPS) is 14.5. The first-order valence-electron chi connectivity index (χ1n) is 9.76. The van der Waals surface area contributed by atoms with Crippen molar-refractivity contribution in [3.63, 3.8) is 0 Å². The Bertz CT molecular complexity index is 1050. The molecule has 2 aliphatic heterocycles. The Hall–Kier alpha value is -2.19. The summed E-state index contributed by atoms with van der Waals surface area (Å²) in [7, 11) is -4.67. The zero-order valence-corrected chi connectivity index (χ0v) is 21.6. The number of fused-ring (bicyclic) bond motifs is 2. The molecule has 0 radical (unpaired) electrons. The maximum atomic E-state index is 8.74. The summed E-state index contributed by atoms with van der Waals surface area (Å²) < 4.78 is 33.8. The molecule has 0 unspecified atom stereocenters. The Labute approximate surface area is 209 Å². The second-order valence-electron chi connectivity index (χ2n) is 7.39. The number of nitrogens with two attached hydrogens (primary N) is 2. The number of halogens is 2. The van der Waals surface area contributed by atoms with E-state index in [0.717, 1.165) is 48.0 Å². The summed E-state index contributed by atoms with van der Waals surface area (Å²) in [6, 6.07) is 12.6. The van der Waals surface area contributed by atoms with Crippen molar-refractivity contribution in [2.24, 2.45) is 11.5 Å². The monoisotopic (exact) mass is 604 g/mol. The summed E-state index contributed by atoms with van der Waals surface area (Å²) in [5.74, 6) is 0.325. The van der Waals surface area contributed by atoms with Gasteiger partial charge in [-0.05, 0) is 59.4 Å². The summed E-state index contributed by atoms with van der Waals surface area (Å²) in [5, 5.41) is 14.8. The molecule has 0 spiro atoms. The Balaban J connectivity index is 0.000000195. The van der Waals surface area contributed by atoms with E-state index in [4.69, 9.17) is 39.8 Å². The molecule has 2 aliphatic rings. The van der Waals surface area contributed by atoms with E-state index in [1.54, 1.807) is 0 Å². The molecule has 0 bridgehead atoms. The fourth-order valence-corrected chi connectivity index (χ4v) is 4.28. The molecule has 0 aliphatic carbocycles. The van der Waals surface area contributed by atoms with Gasteiger partial charge in [0.15, 0.2) is 11.9 Å². The average molecular weight is 606 g/mol. The first kappa shape index (κ1) is 27.1. The van der Waals surface area contributed by atoms with Crippen LogP contribution >= 0.6 is 31.9 Å². The van der Waals surface area contributed by atoms with Crippen molar-refractivity contribution >= 4 is 54.2 Å². The van der Waals surface area contributed by atoms with Gasteiger partial charge in [-0.15, -0.1) is 0 Å². The van der Waals surface area contributed by atoms with Crippen LogP contribution in [0.15, 0.2) is 45.3 Å². The highest BCUT2D eigenvalue weighted by Crippen LogP contribution is 2.23. The van der Waals surface area contributed by atoms with Gasteiger partial charge >= 0.3 is 10.4 Å². The zero-order chi connectivity index (χ0) is 24.8. The van der Waals surface area contributed by atoms with Crippen LogP contribution < -0.4 is 11.5 Å². The molecule has 0 atom stereocenters. The largest absolute Gasteiger partial charge is 0.394 e. The van der Waals surface area contributed by atoms with Gasteiger partial charge in [0, 0.05) is 35.1 Å². The third kappa shape index (κ3) is 9.29. The first-order chi connectivity index (χ1) is 15.3. The van der Waals surface area contributed by atoms with Crippen molar-refractivity contribution < 1.29 is 17.5 Å². The molecule has 2 aromatic carbocycles. The number of hydrogen-bond acceptors (Lipinski definition) is 4. The second kappa shape index (κ2) is 11.8. The van der Waals surface area contributed by atoms with E-state index in [1.807, 2.05) is 9.80 Å². The highest BCUT2D eigenvalue weighted by molar-refractivity contribution is 9.10. The van der Waals surface area contributed by atoms with Gasteiger partial charge in [-0.25, -0.2) is 0 Å². The molecule has 0 saturated carbocycles. The van der Waals surface area contributed by atoms with Gasteiger partial charge in [0.25, 0.3) is 0 Å². The zero-order valence-electron chi connectivity index (χ0n) is 17.6. The predicted octanol–water partition coefficient (Wildman–Crippen LogP) is 2.75. The van der Waals surface area contributed by atoms with Crippen molar-refractivity contribution in [1.29, 1.82) is 10.8 Å². The van der Waals surface area contributed by atoms with Crippen molar-refractivity contribution in [2.45, 2.75) is 25.9 Å². The molecule has 2 aromatic rings. The Morgan fingerprint density at radius 2 is 1.12 bits per heavy atom. The molecule has 4 rings (SSSR count). The second-order valence-corrected chi connectivity index (χ2v) is 10.1. The van der Waals surface area contributed by atoms with E-state index in [9.17, 15) is 0 Å². The van der Waals surface area contributed by atoms with Crippen LogP contribution in [0.4, 0.5) is 0 Å². The first-order valence-corrected chi connectivity index (χ1v) is 12.7. The minimum Gasteiger partial charge on any atom is -0.370 e. The van der Waals surface area contributed by atoms with Crippen LogP contribution in [0.3, 0.4) is 0 Å². The Morgan fingerprint density at radius 3 is 1.42 bits per heavy atom. The molecule has 180 valence electrons. The fourth-order valence-electron chi connectivity index (χ4n) is 3.46. The van der Waals surface area contributed by atoms with Crippen LogP contribution in [0.5, 0.6) is 0 Å². The van der Waals surface area contributed by atoms with Crippen LogP contribution in [0.25, 0.3) is 0 Å². The Kier molecular flexibility index (Phi) is 9.67. The minimum atomic E-state index is -4.67. The van der Waals surface area contributed by atoms with Crippen LogP contribution in [0.1, 0.15) is 22.3 Å². The quantitative estimate of drug-likeness (QED) is 0.150. The summed E-state index contributed by atoms with van der Waals surface area (Å²) in [4.78, 5) is 3.77. The van der Waals surface area contributed by atoms with Gasteiger partial charge in [-0.2, -0.15) is 8.42 Å². The Morgan fingerprint density at radius 1 is 0.788 bits per heavy atom. The lowest BCUT2D eigenvalue weighted by atomic mass is 10.0. The number of benzene rings is 2. The smallest absolute Gasteiger partial charge is 0.370 e. The van der Waals surface area contributed by atoms with E-state index < -0.39 is 10.4 Å². The number of nitrogens with zero attached hydrogens (tertiary/aromatic N) is 2. The van der Waals surface area contributed by atoms with Gasteiger partial charge in [0.05, 0.1) is 0 Å². The van der Waals surface area contributed by atoms with Crippen LogP contribution in [-0.2, 0) is 36.3 Å². The lowest BCUT2D eigenvalue weighted by Gasteiger charge is -2.29. The number of hydrogen-bond donors (Lipinski definition) is 6. The summed E-state index contributed by atoms with van der Waals surface area (Å²) in [6.45, 7) is 3.21. The average Bonchev–Trinajstić information content (AvgIpc) is 2.71.